The van der Waals surface area contributed by atoms with Crippen molar-refractivity contribution in [1.82, 2.24) is 9.96 Å². The van der Waals surface area contributed by atoms with Gasteiger partial charge in [-0.1, -0.05) is 68.4 Å². The largest absolute Gasteiger partial charge is 0.493 e. The number of amides is 2. The molecule has 0 bridgehead atoms. The molecule has 2 amide bonds. The van der Waals surface area contributed by atoms with Gasteiger partial charge in [0.1, 0.15) is 42.7 Å². The summed E-state index contributed by atoms with van der Waals surface area (Å²) in [5.74, 6) is -17.2. The molecule has 1 saturated carbocycles. The van der Waals surface area contributed by atoms with Gasteiger partial charge < -0.3 is 45.4 Å². The number of thioether (sulfide) groups is 1. The van der Waals surface area contributed by atoms with Crippen LogP contribution in [0.1, 0.15) is 59.6 Å². The van der Waals surface area contributed by atoms with E-state index in [-0.39, 0.29) is 17.4 Å². The lowest BCUT2D eigenvalue weighted by Crippen LogP contribution is -2.69. The Morgan fingerprint density at radius 2 is 1.37 bits per heavy atom. The molecule has 1 aliphatic heterocycles. The van der Waals surface area contributed by atoms with Crippen molar-refractivity contribution in [3.05, 3.63) is 90.0 Å². The van der Waals surface area contributed by atoms with E-state index in [9.17, 15) is 30.0 Å². The number of benzene rings is 3. The van der Waals surface area contributed by atoms with E-state index in [1.54, 1.807) is 97.0 Å². The fourth-order valence-corrected chi connectivity index (χ4v) is 9.10. The summed E-state index contributed by atoms with van der Waals surface area (Å²) in [7, 11) is 0. The van der Waals surface area contributed by atoms with Gasteiger partial charge in [-0.3, -0.25) is 24.0 Å². The molecule has 15 nitrogen and oxygen atoms in total. The van der Waals surface area contributed by atoms with E-state index in [2.05, 4.69) is 0 Å². The van der Waals surface area contributed by atoms with Crippen LogP contribution in [-0.2, 0) is 24.0 Å². The Kier molecular flexibility index (Phi) is 12.8. The first-order chi connectivity index (χ1) is 27.7. The average molecular weight is 850 g/mol. The number of para-hydroxylation sites is 3. The van der Waals surface area contributed by atoms with Gasteiger partial charge in [0.05, 0.1) is 11.3 Å². The van der Waals surface area contributed by atoms with E-state index in [0.29, 0.717) is 16.9 Å². The zero-order valence-electron chi connectivity index (χ0n) is 35.3. The third-order valence-electron chi connectivity index (χ3n) is 11.3. The van der Waals surface area contributed by atoms with Gasteiger partial charge in [-0.2, -0.15) is 0 Å². The van der Waals surface area contributed by atoms with Gasteiger partial charge in [-0.15, -0.1) is 16.8 Å². The van der Waals surface area contributed by atoms with E-state index < -0.39 is 93.1 Å². The van der Waals surface area contributed by atoms with Crippen molar-refractivity contribution in [2.75, 3.05) is 19.1 Å². The molecular weight excluding hydrogens is 795 g/mol. The summed E-state index contributed by atoms with van der Waals surface area (Å²) in [6.45, 7) is 12.5. The van der Waals surface area contributed by atoms with Crippen molar-refractivity contribution in [3.8, 4) is 17.2 Å². The molecule has 0 radical (unpaired) electrons. The third kappa shape index (κ3) is 8.16. The number of rotatable bonds is 15. The molecule has 16 heteroatoms. The first kappa shape index (κ1) is 46.2. The number of hydrogen-bond donors (Lipinski definition) is 5. The Morgan fingerprint density at radius 1 is 0.850 bits per heavy atom. The maximum atomic E-state index is 15.5. The highest BCUT2D eigenvalue weighted by Crippen LogP contribution is 2.53. The molecule has 324 valence electrons. The first-order valence-corrected chi connectivity index (χ1v) is 20.4. The number of aryl methyl sites for hydroxylation is 2. The maximum Gasteiger partial charge on any atom is 0.284 e. The summed E-state index contributed by atoms with van der Waals surface area (Å²) in [5.41, 5.74) is 0.933. The smallest absolute Gasteiger partial charge is 0.284 e. The van der Waals surface area contributed by atoms with Crippen LogP contribution in [0.5, 0.6) is 17.2 Å². The van der Waals surface area contributed by atoms with Crippen LogP contribution in [0, 0.1) is 30.6 Å². The summed E-state index contributed by atoms with van der Waals surface area (Å²) >= 11 is 1.10. The number of nitrogens with zero attached hydrogens (tertiary/aromatic N) is 2. The molecule has 3 aromatic rings. The Bertz CT molecular complexity index is 2100. The van der Waals surface area contributed by atoms with Gasteiger partial charge >= 0.3 is 0 Å². The minimum Gasteiger partial charge on any atom is -0.493 e. The molecule has 2 fully saturated rings. The highest BCUT2D eigenvalue weighted by Gasteiger charge is 2.78. The number of ether oxygens (including phenoxy) is 2. The van der Waals surface area contributed by atoms with Crippen LogP contribution < -0.4 is 20.0 Å². The number of carbonyl (C=O) groups excluding carboxylic acids is 5. The molecule has 2 aliphatic rings. The third-order valence-corrected chi connectivity index (χ3v) is 12.7. The average Bonchev–Trinajstić information content (AvgIpc) is 3.57. The normalized spacial score (nSPS) is 22.1. The zero-order chi connectivity index (χ0) is 44.8. The summed E-state index contributed by atoms with van der Waals surface area (Å²) < 4.78 is 10.7. The van der Waals surface area contributed by atoms with Crippen LogP contribution in [0.2, 0.25) is 0 Å². The highest BCUT2D eigenvalue weighted by atomic mass is 32.2. The van der Waals surface area contributed by atoms with Crippen LogP contribution >= 0.6 is 11.8 Å². The van der Waals surface area contributed by atoms with Crippen molar-refractivity contribution >= 4 is 40.9 Å². The van der Waals surface area contributed by atoms with Crippen molar-refractivity contribution < 1.29 is 58.7 Å². The van der Waals surface area contributed by atoms with Gasteiger partial charge in [-0.25, -0.2) is 0 Å². The Balaban J connectivity index is 1.69. The summed E-state index contributed by atoms with van der Waals surface area (Å²) in [6.07, 6.45) is 0. The standard InChI is InChI=1S/C44H55N3O12S/c1-26-17-16-18-27(2)31(26)59-47(39(3,4)5)32-35(49)42(37(51)40(32,6)7,24-58-29-21-14-11-15-22-29)44(55,56)34(48)30(23-57-28-19-12-10-13-20-28)43(53,54)38(52)46-25-60-41(8,9)33(46)36(45)50/h10-22,30,32-33,53-56H,23-25H2,1-9H3,(H2,45,50)/t30-,32-,33-,42-/m1/s1. The molecular formula is C44H55N3O12S. The molecule has 3 aromatic carbocycles. The molecule has 1 saturated heterocycles. The number of Topliss-reactive ketones (excluding diaryl/α,β-unsaturated/α-hetero) is 3. The van der Waals surface area contributed by atoms with E-state index in [1.165, 1.54) is 43.2 Å². The summed E-state index contributed by atoms with van der Waals surface area (Å²) in [5, 5.41) is 50.0. The predicted molar refractivity (Wildman–Crippen MR) is 221 cm³/mol. The second-order valence-corrected chi connectivity index (χ2v) is 19.1. The Labute approximate surface area is 353 Å². The van der Waals surface area contributed by atoms with Gasteiger partial charge in [0, 0.05) is 10.3 Å². The molecule has 6 N–H and O–H groups in total. The second kappa shape index (κ2) is 16.6. The quantitative estimate of drug-likeness (QED) is 0.0842. The summed E-state index contributed by atoms with van der Waals surface area (Å²) in [4.78, 5) is 79.9. The van der Waals surface area contributed by atoms with Crippen LogP contribution in [0.15, 0.2) is 78.9 Å². The van der Waals surface area contributed by atoms with Gasteiger partial charge in [0.25, 0.3) is 11.7 Å². The van der Waals surface area contributed by atoms with Crippen LogP contribution in [0.3, 0.4) is 0 Å². The number of nitrogens with two attached hydrogens (primary N) is 1. The number of primary amides is 1. The van der Waals surface area contributed by atoms with E-state index in [4.69, 9.17) is 20.0 Å². The van der Waals surface area contributed by atoms with Crippen molar-refractivity contribution in [2.24, 2.45) is 22.5 Å². The molecule has 60 heavy (non-hydrogen) atoms. The van der Waals surface area contributed by atoms with E-state index >= 15 is 14.4 Å². The van der Waals surface area contributed by atoms with Crippen LogP contribution in [0.4, 0.5) is 0 Å². The number of hydroxylamine groups is 2. The first-order valence-electron chi connectivity index (χ1n) is 19.4. The fraction of sp³-hybridized carbons (Fsp3) is 0.477. The molecule has 0 unspecified atom stereocenters. The SMILES string of the molecule is Cc1cccc(C)c1ON([C@@H]1C(=O)[C@@](COc2ccccc2)(C(O)(O)C(=O)[C@@H](COc2ccccc2)C(O)(O)C(=O)N2CSC(C)(C)[C@H]2C(N)=O)C(=O)C1(C)C)C(C)(C)C. The van der Waals surface area contributed by atoms with E-state index in [0.717, 1.165) is 16.7 Å². The predicted octanol–water partition coefficient (Wildman–Crippen LogP) is 3.10. The molecule has 1 aliphatic carbocycles. The summed E-state index contributed by atoms with van der Waals surface area (Å²) in [6, 6.07) is 17.9. The minimum atomic E-state index is -4.13. The zero-order valence-corrected chi connectivity index (χ0v) is 36.1. The van der Waals surface area contributed by atoms with Crippen LogP contribution in [-0.4, -0.2) is 113 Å². The molecule has 1 heterocycles. The lowest BCUT2D eigenvalue weighted by atomic mass is 9.69. The van der Waals surface area contributed by atoms with Crippen molar-refractivity contribution in [1.29, 1.82) is 0 Å². The van der Waals surface area contributed by atoms with Crippen molar-refractivity contribution in [2.45, 2.75) is 96.3 Å². The number of ketones is 3. The molecule has 5 rings (SSSR count). The Morgan fingerprint density at radius 3 is 1.87 bits per heavy atom. The fourth-order valence-electron chi connectivity index (χ4n) is 7.96. The number of aliphatic hydroxyl groups is 4. The lowest BCUT2D eigenvalue weighted by Gasteiger charge is -2.43. The molecule has 0 aromatic heterocycles. The second-order valence-electron chi connectivity index (χ2n) is 17.5. The van der Waals surface area contributed by atoms with Crippen molar-refractivity contribution in [3.63, 3.8) is 0 Å². The van der Waals surface area contributed by atoms with Gasteiger partial charge in [0.2, 0.25) is 17.5 Å². The molecule has 0 spiro atoms. The topological polar surface area (TPSA) is 226 Å². The van der Waals surface area contributed by atoms with E-state index in [1.807, 2.05) is 6.07 Å². The molecule has 4 atom stereocenters. The number of hydrogen-bond acceptors (Lipinski definition) is 14. The number of carbonyl (C=O) groups is 5. The van der Waals surface area contributed by atoms with Crippen LogP contribution in [0.25, 0.3) is 0 Å². The van der Waals surface area contributed by atoms with Gasteiger partial charge in [0.15, 0.2) is 22.7 Å². The lowest BCUT2D eigenvalue weighted by molar-refractivity contribution is -0.252. The highest BCUT2D eigenvalue weighted by molar-refractivity contribution is 8.00. The van der Waals surface area contributed by atoms with Gasteiger partial charge in [-0.05, 0) is 83.9 Å². The Hall–Kier alpha value is -4.84. The maximum absolute atomic E-state index is 15.5. The monoisotopic (exact) mass is 849 g/mol. The minimum absolute atomic E-state index is 0.0775.